The molecule has 0 atom stereocenters. The van der Waals surface area contributed by atoms with E-state index in [-0.39, 0.29) is 39.6 Å². The molecule has 0 radical (unpaired) electrons. The number of rotatable bonds is 6. The highest BCUT2D eigenvalue weighted by atomic mass is 31.2. The molecule has 114 valence electrons. The average Bonchev–Trinajstić information content (AvgIpc) is 2.35. The predicted octanol–water partition coefficient (Wildman–Crippen LogP) is -3.64. The summed E-state index contributed by atoms with van der Waals surface area (Å²) in [7, 11) is -4.26. The molecule has 0 aromatic heterocycles. The number of hydrogen-bond donors (Lipinski definition) is 8. The van der Waals surface area contributed by atoms with Gasteiger partial charge in [-0.3, -0.25) is 4.52 Å². The number of aliphatic hydroxyl groups excluding tert-OH is 5. The monoisotopic (exact) mass is 295 g/mol. The Morgan fingerprint density at radius 3 is 1.50 bits per heavy atom. The van der Waals surface area contributed by atoms with Gasteiger partial charge in [0.05, 0.1) is 33.0 Å². The van der Waals surface area contributed by atoms with E-state index >= 15 is 0 Å². The van der Waals surface area contributed by atoms with E-state index in [4.69, 9.17) is 41.1 Å². The summed E-state index contributed by atoms with van der Waals surface area (Å²) in [5.41, 5.74) is 4.87. The van der Waals surface area contributed by atoms with Crippen LogP contribution in [0.15, 0.2) is 0 Å². The second-order valence-electron chi connectivity index (χ2n) is 2.58. The van der Waals surface area contributed by atoms with Gasteiger partial charge in [0.2, 0.25) is 0 Å². The Kier molecular flexibility index (Phi) is 21.6. The molecule has 0 unspecified atom stereocenters. The van der Waals surface area contributed by atoms with Crippen molar-refractivity contribution in [2.45, 2.75) is 6.10 Å². The van der Waals surface area contributed by atoms with Crippen LogP contribution < -0.4 is 5.73 Å². The molecular weight excluding hydrogens is 273 g/mol. The fraction of sp³-hybridized carbons (Fsp3) is 1.00. The minimum absolute atomic E-state index is 0.107. The summed E-state index contributed by atoms with van der Waals surface area (Å²) in [6, 6.07) is 0. The van der Waals surface area contributed by atoms with Crippen LogP contribution >= 0.6 is 7.82 Å². The molecule has 0 amide bonds. The maximum Gasteiger partial charge on any atom is 0.469 e. The molecular formula is C7H22NO9P. The molecule has 11 heteroatoms. The Labute approximate surface area is 105 Å². The fourth-order valence-corrected chi connectivity index (χ4v) is 0.573. The summed E-state index contributed by atoms with van der Waals surface area (Å²) in [6.45, 7) is -0.970. The van der Waals surface area contributed by atoms with Gasteiger partial charge in [0.25, 0.3) is 0 Å². The van der Waals surface area contributed by atoms with Crippen molar-refractivity contribution in [3.8, 4) is 0 Å². The van der Waals surface area contributed by atoms with Crippen LogP contribution in [-0.4, -0.2) is 81.0 Å². The minimum Gasteiger partial charge on any atom is -0.394 e. The van der Waals surface area contributed by atoms with Crippen LogP contribution in [0.3, 0.4) is 0 Å². The van der Waals surface area contributed by atoms with E-state index in [2.05, 4.69) is 4.52 Å². The lowest BCUT2D eigenvalue weighted by Crippen LogP contribution is -2.15. The molecule has 0 spiro atoms. The average molecular weight is 295 g/mol. The number of phosphoric ester groups is 1. The summed E-state index contributed by atoms with van der Waals surface area (Å²) >= 11 is 0. The normalized spacial score (nSPS) is 10.3. The van der Waals surface area contributed by atoms with Crippen molar-refractivity contribution >= 4 is 7.82 Å². The Hall–Kier alpha value is -0.130. The van der Waals surface area contributed by atoms with Gasteiger partial charge in [0.15, 0.2) is 0 Å². The minimum atomic E-state index is -4.26. The zero-order valence-electron chi connectivity index (χ0n) is 9.79. The van der Waals surface area contributed by atoms with Gasteiger partial charge >= 0.3 is 7.82 Å². The van der Waals surface area contributed by atoms with E-state index in [1.54, 1.807) is 0 Å². The van der Waals surface area contributed by atoms with E-state index in [0.29, 0.717) is 0 Å². The Balaban J connectivity index is -0.000000200. The van der Waals surface area contributed by atoms with Crippen LogP contribution in [0.1, 0.15) is 0 Å². The van der Waals surface area contributed by atoms with Gasteiger partial charge in [-0.15, -0.1) is 0 Å². The molecule has 9 N–H and O–H groups in total. The number of phosphoric acid groups is 1. The molecule has 0 aromatic rings. The van der Waals surface area contributed by atoms with Crippen molar-refractivity contribution in [1.82, 2.24) is 0 Å². The first-order valence-corrected chi connectivity index (χ1v) is 6.33. The SMILES string of the molecule is NCCOP(=O)(O)O.OCC(O)CO.OCCO. The fourth-order valence-electron chi connectivity index (χ4n) is 0.229. The van der Waals surface area contributed by atoms with Crippen molar-refractivity contribution in [3.05, 3.63) is 0 Å². The van der Waals surface area contributed by atoms with E-state index in [0.717, 1.165) is 0 Å². The molecule has 0 saturated carbocycles. The third-order valence-electron chi connectivity index (χ3n) is 0.899. The van der Waals surface area contributed by atoms with Gasteiger partial charge in [-0.2, -0.15) is 0 Å². The zero-order valence-corrected chi connectivity index (χ0v) is 10.7. The lowest BCUT2D eigenvalue weighted by molar-refractivity contribution is 0.0450. The van der Waals surface area contributed by atoms with Gasteiger partial charge in [0, 0.05) is 6.54 Å². The first-order valence-electron chi connectivity index (χ1n) is 4.80. The molecule has 0 saturated heterocycles. The maximum absolute atomic E-state index is 9.81. The van der Waals surface area contributed by atoms with E-state index < -0.39 is 13.9 Å². The van der Waals surface area contributed by atoms with Gasteiger partial charge in [-0.25, -0.2) is 4.57 Å². The smallest absolute Gasteiger partial charge is 0.394 e. The predicted molar refractivity (Wildman–Crippen MR) is 61.4 cm³/mol. The van der Waals surface area contributed by atoms with Crippen LogP contribution in [-0.2, 0) is 9.09 Å². The molecule has 0 rings (SSSR count). The summed E-state index contributed by atoms with van der Waals surface area (Å²) in [5, 5.41) is 39.3. The lowest BCUT2D eigenvalue weighted by Gasteiger charge is -2.00. The third kappa shape index (κ3) is 36.0. The maximum atomic E-state index is 9.81. The van der Waals surface area contributed by atoms with E-state index in [1.165, 1.54) is 0 Å². The van der Waals surface area contributed by atoms with Crippen LogP contribution in [0.25, 0.3) is 0 Å². The molecule has 0 fully saturated rings. The number of hydrogen-bond acceptors (Lipinski definition) is 8. The van der Waals surface area contributed by atoms with Crippen LogP contribution in [0.2, 0.25) is 0 Å². The Morgan fingerprint density at radius 2 is 1.44 bits per heavy atom. The highest BCUT2D eigenvalue weighted by molar-refractivity contribution is 7.46. The summed E-state index contributed by atoms with van der Waals surface area (Å²) < 4.78 is 13.7. The van der Waals surface area contributed by atoms with Gasteiger partial charge in [-0.05, 0) is 0 Å². The highest BCUT2D eigenvalue weighted by Gasteiger charge is 2.11. The summed E-state index contributed by atoms with van der Waals surface area (Å²) in [4.78, 5) is 16.0. The van der Waals surface area contributed by atoms with Crippen LogP contribution in [0.4, 0.5) is 0 Å². The van der Waals surface area contributed by atoms with Gasteiger partial charge < -0.3 is 41.1 Å². The second-order valence-corrected chi connectivity index (χ2v) is 3.82. The van der Waals surface area contributed by atoms with Crippen molar-refractivity contribution in [3.63, 3.8) is 0 Å². The van der Waals surface area contributed by atoms with Crippen molar-refractivity contribution in [2.24, 2.45) is 5.73 Å². The number of nitrogens with two attached hydrogens (primary N) is 1. The molecule has 0 aliphatic carbocycles. The summed E-state index contributed by atoms with van der Waals surface area (Å²) in [6.07, 6.45) is -0.954. The molecule has 0 aromatic carbocycles. The second kappa shape index (κ2) is 16.9. The topological polar surface area (TPSA) is 194 Å². The molecule has 18 heavy (non-hydrogen) atoms. The Bertz CT molecular complexity index is 182. The van der Waals surface area contributed by atoms with E-state index in [9.17, 15) is 4.57 Å². The number of aliphatic hydroxyl groups is 5. The first-order chi connectivity index (χ1) is 8.28. The summed E-state index contributed by atoms with van der Waals surface area (Å²) in [5.74, 6) is 0. The van der Waals surface area contributed by atoms with Crippen molar-refractivity contribution in [2.75, 3.05) is 39.6 Å². The third-order valence-corrected chi connectivity index (χ3v) is 1.42. The molecule has 10 nitrogen and oxygen atoms in total. The Morgan fingerprint density at radius 1 is 1.06 bits per heavy atom. The highest BCUT2D eigenvalue weighted by Crippen LogP contribution is 2.34. The van der Waals surface area contributed by atoms with Crippen LogP contribution in [0.5, 0.6) is 0 Å². The largest absolute Gasteiger partial charge is 0.469 e. The molecule has 0 bridgehead atoms. The molecule has 0 heterocycles. The van der Waals surface area contributed by atoms with E-state index in [1.807, 2.05) is 0 Å². The van der Waals surface area contributed by atoms with Gasteiger partial charge in [0.1, 0.15) is 6.10 Å². The first kappa shape index (κ1) is 23.0. The lowest BCUT2D eigenvalue weighted by atomic mass is 10.4. The zero-order chi connectivity index (χ0) is 15.0. The quantitative estimate of drug-likeness (QED) is 0.226. The molecule has 0 aliphatic heterocycles. The molecule has 0 aliphatic rings. The standard InChI is InChI=1S/C3H8O3.C2H8NO4P.C2H6O2/c4-1-3(6)2-5;3-1-2-7-8(4,5)6;3-1-2-4/h3-6H,1-2H2;1-3H2,(H2,4,5,6);3-4H,1-2H2. The van der Waals surface area contributed by atoms with Crippen molar-refractivity contribution < 1.29 is 44.4 Å². The van der Waals surface area contributed by atoms with Crippen molar-refractivity contribution in [1.29, 1.82) is 0 Å². The van der Waals surface area contributed by atoms with Crippen LogP contribution in [0, 0.1) is 0 Å². The van der Waals surface area contributed by atoms with Gasteiger partial charge in [-0.1, -0.05) is 0 Å².